The minimum Gasteiger partial charge on any atom is -0.409 e. The molecule has 1 aliphatic rings. The van der Waals surface area contributed by atoms with E-state index in [1.54, 1.807) is 0 Å². The van der Waals surface area contributed by atoms with Gasteiger partial charge in [0.15, 0.2) is 5.84 Å². The van der Waals surface area contributed by atoms with Crippen molar-refractivity contribution in [3.63, 3.8) is 0 Å². The molecule has 0 aliphatic heterocycles. The summed E-state index contributed by atoms with van der Waals surface area (Å²) in [7, 11) is 0. The molecule has 0 heterocycles. The third kappa shape index (κ3) is 3.10. The summed E-state index contributed by atoms with van der Waals surface area (Å²) in [4.78, 5) is 12.2. The number of benzene rings is 1. The van der Waals surface area contributed by atoms with E-state index in [0.29, 0.717) is 0 Å². The summed E-state index contributed by atoms with van der Waals surface area (Å²) in [6.07, 6.45) is 0.858. The molecular weight excluding hydrogens is 254 g/mol. The molecule has 3 unspecified atom stereocenters. The van der Waals surface area contributed by atoms with Gasteiger partial charge in [0, 0.05) is 5.92 Å². The van der Waals surface area contributed by atoms with E-state index in [4.69, 9.17) is 10.9 Å². The van der Waals surface area contributed by atoms with E-state index >= 15 is 0 Å². The first kappa shape index (κ1) is 14.4. The third-order valence-electron chi connectivity index (χ3n) is 3.75. The predicted octanol–water partition coefficient (Wildman–Crippen LogP) is 1.68. The standard InChI is InChI=1S/C15H21N3O2/c1-9(2)13(14(16)18-20)17-15(19)12-8-11(12)10-6-4-3-5-7-10/h3-7,9,11-13,20H,8H2,1-2H3,(H2,16,18)(H,17,19). The van der Waals surface area contributed by atoms with Gasteiger partial charge in [-0.3, -0.25) is 4.79 Å². The van der Waals surface area contributed by atoms with Gasteiger partial charge in [0.05, 0.1) is 6.04 Å². The molecule has 0 radical (unpaired) electrons. The zero-order valence-electron chi connectivity index (χ0n) is 11.8. The van der Waals surface area contributed by atoms with Crippen molar-refractivity contribution in [2.24, 2.45) is 22.7 Å². The van der Waals surface area contributed by atoms with Crippen LogP contribution in [0.25, 0.3) is 0 Å². The van der Waals surface area contributed by atoms with Crippen molar-refractivity contribution in [3.05, 3.63) is 35.9 Å². The average Bonchev–Trinajstić information content (AvgIpc) is 3.25. The van der Waals surface area contributed by atoms with Crippen molar-refractivity contribution in [1.29, 1.82) is 0 Å². The van der Waals surface area contributed by atoms with E-state index in [1.165, 1.54) is 5.56 Å². The molecule has 0 bridgehead atoms. The van der Waals surface area contributed by atoms with Crippen molar-refractivity contribution in [2.75, 3.05) is 0 Å². The quantitative estimate of drug-likeness (QED) is 0.330. The zero-order chi connectivity index (χ0) is 14.7. The van der Waals surface area contributed by atoms with Crippen LogP contribution in [-0.2, 0) is 4.79 Å². The molecule has 4 N–H and O–H groups in total. The molecule has 108 valence electrons. The molecule has 5 nitrogen and oxygen atoms in total. The fraction of sp³-hybridized carbons (Fsp3) is 0.467. The van der Waals surface area contributed by atoms with Crippen LogP contribution in [0.5, 0.6) is 0 Å². The minimum atomic E-state index is -0.426. The smallest absolute Gasteiger partial charge is 0.224 e. The predicted molar refractivity (Wildman–Crippen MR) is 77.5 cm³/mol. The number of nitrogens with two attached hydrogens (primary N) is 1. The summed E-state index contributed by atoms with van der Waals surface area (Å²) >= 11 is 0. The van der Waals surface area contributed by atoms with Gasteiger partial charge in [-0.1, -0.05) is 49.3 Å². The van der Waals surface area contributed by atoms with Gasteiger partial charge >= 0.3 is 0 Å². The largest absolute Gasteiger partial charge is 0.409 e. The van der Waals surface area contributed by atoms with Gasteiger partial charge in [0.25, 0.3) is 0 Å². The first-order valence-corrected chi connectivity index (χ1v) is 6.87. The Labute approximate surface area is 118 Å². The molecule has 1 fully saturated rings. The van der Waals surface area contributed by atoms with Crippen LogP contribution in [0.15, 0.2) is 35.5 Å². The summed E-state index contributed by atoms with van der Waals surface area (Å²) in [6, 6.07) is 9.59. The molecule has 20 heavy (non-hydrogen) atoms. The number of rotatable bonds is 5. The van der Waals surface area contributed by atoms with Gasteiger partial charge in [0.2, 0.25) is 5.91 Å². The summed E-state index contributed by atoms with van der Waals surface area (Å²) in [5.41, 5.74) is 6.81. The highest BCUT2D eigenvalue weighted by Gasteiger charge is 2.44. The maximum absolute atomic E-state index is 12.2. The second kappa shape index (κ2) is 5.94. The number of nitrogens with one attached hydrogen (secondary N) is 1. The highest BCUT2D eigenvalue weighted by molar-refractivity contribution is 5.92. The Hall–Kier alpha value is -2.04. The van der Waals surface area contributed by atoms with Crippen molar-refractivity contribution < 1.29 is 10.0 Å². The van der Waals surface area contributed by atoms with E-state index in [0.717, 1.165) is 6.42 Å². The second-order valence-electron chi connectivity index (χ2n) is 5.61. The topological polar surface area (TPSA) is 87.7 Å². The lowest BCUT2D eigenvalue weighted by Crippen LogP contribution is -2.48. The number of nitrogens with zero attached hydrogens (tertiary/aromatic N) is 1. The van der Waals surface area contributed by atoms with Crippen LogP contribution in [0.1, 0.15) is 31.7 Å². The number of carbonyl (C=O) groups excluding carboxylic acids is 1. The Morgan fingerprint density at radius 2 is 2.05 bits per heavy atom. The monoisotopic (exact) mass is 275 g/mol. The fourth-order valence-electron chi connectivity index (χ4n) is 2.46. The summed E-state index contributed by atoms with van der Waals surface area (Å²) < 4.78 is 0. The van der Waals surface area contributed by atoms with Gasteiger partial charge in [0.1, 0.15) is 0 Å². The zero-order valence-corrected chi connectivity index (χ0v) is 11.8. The van der Waals surface area contributed by atoms with Crippen LogP contribution in [0.3, 0.4) is 0 Å². The average molecular weight is 275 g/mol. The molecular formula is C15H21N3O2. The molecule has 0 aromatic heterocycles. The molecule has 5 heteroatoms. The Morgan fingerprint density at radius 3 is 2.60 bits per heavy atom. The Balaban J connectivity index is 1.97. The molecule has 1 saturated carbocycles. The highest BCUT2D eigenvalue weighted by atomic mass is 16.4. The molecule has 1 aromatic carbocycles. The number of amidine groups is 1. The van der Waals surface area contributed by atoms with Crippen molar-refractivity contribution in [2.45, 2.75) is 32.2 Å². The van der Waals surface area contributed by atoms with E-state index in [2.05, 4.69) is 10.5 Å². The number of hydrogen-bond acceptors (Lipinski definition) is 3. The number of carbonyl (C=O) groups is 1. The number of hydrogen-bond donors (Lipinski definition) is 3. The second-order valence-corrected chi connectivity index (χ2v) is 5.61. The first-order valence-electron chi connectivity index (χ1n) is 6.87. The summed E-state index contributed by atoms with van der Waals surface area (Å²) in [6.45, 7) is 3.84. The van der Waals surface area contributed by atoms with Crippen molar-refractivity contribution in [3.8, 4) is 0 Å². The van der Waals surface area contributed by atoms with Gasteiger partial charge in [-0.25, -0.2) is 0 Å². The molecule has 0 saturated heterocycles. The highest BCUT2D eigenvalue weighted by Crippen LogP contribution is 2.47. The molecule has 2 rings (SSSR count). The molecule has 0 spiro atoms. The fourth-order valence-corrected chi connectivity index (χ4v) is 2.46. The molecule has 1 amide bonds. The van der Waals surface area contributed by atoms with Crippen LogP contribution in [0.4, 0.5) is 0 Å². The summed E-state index contributed by atoms with van der Waals surface area (Å²) in [5.74, 6) is 0.375. The lowest BCUT2D eigenvalue weighted by Gasteiger charge is -2.20. The van der Waals surface area contributed by atoms with Gasteiger partial charge < -0.3 is 16.3 Å². The normalized spacial score (nSPS) is 23.4. The molecule has 1 aromatic rings. The Bertz CT molecular complexity index is 499. The van der Waals surface area contributed by atoms with E-state index in [1.807, 2.05) is 44.2 Å². The van der Waals surface area contributed by atoms with Crippen LogP contribution in [-0.4, -0.2) is 23.0 Å². The summed E-state index contributed by atoms with van der Waals surface area (Å²) in [5, 5.41) is 14.6. The maximum atomic E-state index is 12.2. The van der Waals surface area contributed by atoms with E-state index in [-0.39, 0.29) is 29.5 Å². The Morgan fingerprint density at radius 1 is 1.40 bits per heavy atom. The lowest BCUT2D eigenvalue weighted by atomic mass is 10.0. The molecule has 3 atom stereocenters. The van der Waals surface area contributed by atoms with E-state index in [9.17, 15) is 4.79 Å². The van der Waals surface area contributed by atoms with Gasteiger partial charge in [-0.15, -0.1) is 0 Å². The van der Waals surface area contributed by atoms with Gasteiger partial charge in [-0.2, -0.15) is 0 Å². The minimum absolute atomic E-state index is 0.00913. The van der Waals surface area contributed by atoms with Crippen LogP contribution in [0.2, 0.25) is 0 Å². The van der Waals surface area contributed by atoms with Crippen LogP contribution < -0.4 is 11.1 Å². The van der Waals surface area contributed by atoms with Gasteiger partial charge in [-0.05, 0) is 23.8 Å². The van der Waals surface area contributed by atoms with E-state index < -0.39 is 6.04 Å². The maximum Gasteiger partial charge on any atom is 0.224 e. The lowest BCUT2D eigenvalue weighted by molar-refractivity contribution is -0.122. The van der Waals surface area contributed by atoms with Crippen LogP contribution in [0, 0.1) is 11.8 Å². The first-order chi connectivity index (χ1) is 9.54. The van der Waals surface area contributed by atoms with Crippen molar-refractivity contribution in [1.82, 2.24) is 5.32 Å². The number of oxime groups is 1. The third-order valence-corrected chi connectivity index (χ3v) is 3.75. The SMILES string of the molecule is CC(C)C(NC(=O)C1CC1c1ccccc1)/C(N)=N/O. The Kier molecular flexibility index (Phi) is 4.27. The van der Waals surface area contributed by atoms with Crippen LogP contribution >= 0.6 is 0 Å². The molecule has 1 aliphatic carbocycles. The van der Waals surface area contributed by atoms with Crippen molar-refractivity contribution >= 4 is 11.7 Å². The number of amides is 1.